The van der Waals surface area contributed by atoms with Crippen LogP contribution in [0.4, 0.5) is 5.69 Å². The van der Waals surface area contributed by atoms with Gasteiger partial charge in [-0.1, -0.05) is 23.8 Å². The van der Waals surface area contributed by atoms with Crippen molar-refractivity contribution < 1.29 is 9.53 Å². The van der Waals surface area contributed by atoms with Crippen LogP contribution in [0.5, 0.6) is 5.75 Å². The normalized spacial score (nSPS) is 21.2. The molecule has 0 spiro atoms. The Balaban J connectivity index is 1.63. The van der Waals surface area contributed by atoms with Crippen molar-refractivity contribution in [2.45, 2.75) is 12.8 Å². The molecule has 1 aliphatic heterocycles. The number of anilines is 1. The fraction of sp³-hybridized carbons (Fsp3) is 0.227. The van der Waals surface area contributed by atoms with Crippen molar-refractivity contribution in [1.82, 2.24) is 4.98 Å². The van der Waals surface area contributed by atoms with Crippen molar-refractivity contribution in [3.8, 4) is 5.75 Å². The molecule has 29 heavy (non-hydrogen) atoms. The Morgan fingerprint density at radius 1 is 1.14 bits per heavy atom. The first kappa shape index (κ1) is 18.3. The van der Waals surface area contributed by atoms with Gasteiger partial charge in [-0.15, -0.1) is 11.3 Å². The van der Waals surface area contributed by atoms with Crippen molar-refractivity contribution >= 4 is 50.5 Å². The van der Waals surface area contributed by atoms with Crippen molar-refractivity contribution in [2.75, 3.05) is 12.1 Å². The predicted octanol–water partition coefficient (Wildman–Crippen LogP) is 5.29. The third-order valence-electron chi connectivity index (χ3n) is 5.52. The van der Waals surface area contributed by atoms with E-state index in [0.717, 1.165) is 33.6 Å². The lowest BCUT2D eigenvalue weighted by molar-refractivity contribution is -0.123. The summed E-state index contributed by atoms with van der Waals surface area (Å²) in [7, 11) is 1.59. The molecular formula is C22H18ClN3O2S. The van der Waals surface area contributed by atoms with Gasteiger partial charge < -0.3 is 4.74 Å². The maximum atomic E-state index is 13.3. The molecule has 1 aromatic heterocycles. The van der Waals surface area contributed by atoms with Crippen LogP contribution < -0.4 is 9.75 Å². The monoisotopic (exact) mass is 423 g/mol. The van der Waals surface area contributed by atoms with Gasteiger partial charge in [-0.2, -0.15) is 5.10 Å². The Morgan fingerprint density at radius 2 is 1.97 bits per heavy atom. The number of hydrazone groups is 1. The molecule has 2 aliphatic rings. The molecular weight excluding hydrogens is 406 g/mol. The topological polar surface area (TPSA) is 54.8 Å². The summed E-state index contributed by atoms with van der Waals surface area (Å²) >= 11 is 7.93. The molecule has 0 fully saturated rings. The maximum Gasteiger partial charge on any atom is 0.251 e. The van der Waals surface area contributed by atoms with Gasteiger partial charge in [-0.05, 0) is 54.8 Å². The summed E-state index contributed by atoms with van der Waals surface area (Å²) in [5, 5.41) is 6.91. The molecule has 0 N–H and O–H groups in total. The fourth-order valence-corrected chi connectivity index (χ4v) is 5.00. The highest BCUT2D eigenvalue weighted by atomic mass is 35.5. The Morgan fingerprint density at radius 3 is 2.76 bits per heavy atom. The molecule has 0 saturated heterocycles. The second-order valence-corrected chi connectivity index (χ2v) is 8.44. The number of fused-ring (bicyclic) bond motifs is 2. The van der Waals surface area contributed by atoms with Gasteiger partial charge >= 0.3 is 0 Å². The number of amides is 1. The minimum absolute atomic E-state index is 0.0339. The summed E-state index contributed by atoms with van der Waals surface area (Å²) in [4.78, 5) is 17.6. The highest BCUT2D eigenvalue weighted by Crippen LogP contribution is 2.38. The summed E-state index contributed by atoms with van der Waals surface area (Å²) in [6, 6.07) is 11.5. The molecule has 146 valence electrons. The second kappa shape index (κ2) is 7.28. The number of thiazole rings is 1. The number of carbonyl (C=O) groups is 1. The van der Waals surface area contributed by atoms with E-state index in [9.17, 15) is 4.79 Å². The smallest absolute Gasteiger partial charge is 0.251 e. The van der Waals surface area contributed by atoms with Gasteiger partial charge in [0.05, 0.1) is 45.2 Å². The van der Waals surface area contributed by atoms with E-state index in [2.05, 4.69) is 17.1 Å². The van der Waals surface area contributed by atoms with Gasteiger partial charge in [0.25, 0.3) is 5.91 Å². The number of methoxy groups -OCH3 is 1. The van der Waals surface area contributed by atoms with Crippen LogP contribution in [0.1, 0.15) is 18.4 Å². The lowest BCUT2D eigenvalue weighted by Crippen LogP contribution is -2.45. The number of hydrogen-bond donors (Lipinski definition) is 0. The molecule has 0 unspecified atom stereocenters. The van der Waals surface area contributed by atoms with E-state index >= 15 is 0 Å². The van der Waals surface area contributed by atoms with Crippen molar-refractivity contribution in [3.63, 3.8) is 0 Å². The van der Waals surface area contributed by atoms with Crippen molar-refractivity contribution in [3.05, 3.63) is 64.6 Å². The van der Waals surface area contributed by atoms with E-state index in [1.54, 1.807) is 23.5 Å². The highest BCUT2D eigenvalue weighted by molar-refractivity contribution is 7.16. The minimum Gasteiger partial charge on any atom is -0.495 e. The molecule has 2 atom stereocenters. The number of rotatable bonds is 3. The number of ether oxygens (including phenoxy) is 1. The summed E-state index contributed by atoms with van der Waals surface area (Å²) in [6.07, 6.45) is 5.73. The average molecular weight is 424 g/mol. The molecule has 1 aliphatic carbocycles. The summed E-state index contributed by atoms with van der Waals surface area (Å²) in [5.74, 6) is 0.563. The molecule has 7 heteroatoms. The van der Waals surface area contributed by atoms with Crippen molar-refractivity contribution in [1.29, 1.82) is 0 Å². The number of benzene rings is 2. The van der Waals surface area contributed by atoms with Crippen LogP contribution in [0.15, 0.2) is 59.2 Å². The molecule has 0 bridgehead atoms. The molecule has 0 radical (unpaired) electrons. The third kappa shape index (κ3) is 3.12. The molecule has 2 heterocycles. The number of allylic oxidation sites excluding steroid dienone is 2. The van der Waals surface area contributed by atoms with E-state index in [4.69, 9.17) is 21.4 Å². The number of nitrogens with zero attached hydrogens (tertiary/aromatic N) is 3. The van der Waals surface area contributed by atoms with E-state index in [1.165, 1.54) is 0 Å². The summed E-state index contributed by atoms with van der Waals surface area (Å²) in [5.41, 5.74) is 5.29. The SMILES string of the molecule is COc1ccc(C2=NN(c3ccc4ncsc4c3)C(=O)[C@@H]3CC=CC[C@H]23)cc1Cl. The quantitative estimate of drug-likeness (QED) is 0.537. The number of aromatic nitrogens is 1. The fourth-order valence-electron chi connectivity index (χ4n) is 4.04. The van der Waals surface area contributed by atoms with E-state index in [-0.39, 0.29) is 17.7 Å². The Labute approximate surface area is 177 Å². The number of halogens is 1. The summed E-state index contributed by atoms with van der Waals surface area (Å²) in [6.45, 7) is 0. The van der Waals surface area contributed by atoms with Gasteiger partial charge in [0.15, 0.2) is 0 Å². The standard InChI is InChI=1S/C22H18ClN3O2S/c1-28-19-9-6-13(10-17(19)23)21-15-4-2-3-5-16(15)22(27)26(25-21)14-7-8-18-20(11-14)29-12-24-18/h2-3,6-12,15-16H,4-5H2,1H3/t15-,16+/m0/s1. The zero-order valence-corrected chi connectivity index (χ0v) is 17.3. The van der Waals surface area contributed by atoms with Crippen molar-refractivity contribution in [2.24, 2.45) is 16.9 Å². The number of hydrogen-bond acceptors (Lipinski definition) is 5. The number of carbonyl (C=O) groups excluding carboxylic acids is 1. The lowest BCUT2D eigenvalue weighted by atomic mass is 9.76. The van der Waals surface area contributed by atoms with Crippen LogP contribution >= 0.6 is 22.9 Å². The van der Waals surface area contributed by atoms with Gasteiger partial charge in [0, 0.05) is 5.92 Å². The molecule has 2 aromatic carbocycles. The van der Waals surface area contributed by atoms with Gasteiger partial charge in [-0.3, -0.25) is 4.79 Å². The second-order valence-electron chi connectivity index (χ2n) is 7.14. The van der Waals surface area contributed by atoms with Crippen LogP contribution in [0.25, 0.3) is 10.2 Å². The minimum atomic E-state index is -0.134. The highest BCUT2D eigenvalue weighted by Gasteiger charge is 2.40. The van der Waals surface area contributed by atoms with Crippen LogP contribution in [0, 0.1) is 11.8 Å². The Bertz CT molecular complexity index is 1170. The largest absolute Gasteiger partial charge is 0.495 e. The first-order chi connectivity index (χ1) is 14.2. The van der Waals surface area contributed by atoms with Gasteiger partial charge in [0.2, 0.25) is 0 Å². The molecule has 5 rings (SSSR count). The predicted molar refractivity (Wildman–Crippen MR) is 117 cm³/mol. The summed E-state index contributed by atoms with van der Waals surface area (Å²) < 4.78 is 6.31. The van der Waals surface area contributed by atoms with Gasteiger partial charge in [0.1, 0.15) is 5.75 Å². The zero-order chi connectivity index (χ0) is 20.0. The Kier molecular flexibility index (Phi) is 4.60. The van der Waals surface area contributed by atoms with Gasteiger partial charge in [-0.25, -0.2) is 9.99 Å². The zero-order valence-electron chi connectivity index (χ0n) is 15.7. The molecule has 3 aromatic rings. The Hall–Kier alpha value is -2.70. The molecule has 5 nitrogen and oxygen atoms in total. The van der Waals surface area contributed by atoms with E-state index in [1.807, 2.05) is 41.9 Å². The average Bonchev–Trinajstić information content (AvgIpc) is 3.22. The van der Waals surface area contributed by atoms with Crippen LogP contribution in [0.2, 0.25) is 5.02 Å². The lowest BCUT2D eigenvalue weighted by Gasteiger charge is -2.37. The van der Waals surface area contributed by atoms with Crippen LogP contribution in [0.3, 0.4) is 0 Å². The maximum absolute atomic E-state index is 13.3. The van der Waals surface area contributed by atoms with E-state index in [0.29, 0.717) is 17.2 Å². The van der Waals surface area contributed by atoms with Crippen LogP contribution in [-0.4, -0.2) is 23.7 Å². The third-order valence-corrected chi connectivity index (χ3v) is 6.61. The van der Waals surface area contributed by atoms with E-state index < -0.39 is 0 Å². The first-order valence-corrected chi connectivity index (χ1v) is 10.7. The molecule has 0 saturated carbocycles. The van der Waals surface area contributed by atoms with Crippen LogP contribution in [-0.2, 0) is 4.79 Å². The first-order valence-electron chi connectivity index (χ1n) is 9.40. The molecule has 1 amide bonds.